The molecule has 0 bridgehead atoms. The molecule has 18 heavy (non-hydrogen) atoms. The summed E-state index contributed by atoms with van der Waals surface area (Å²) < 4.78 is 1.29. The Morgan fingerprint density at radius 3 is 2.78 bits per heavy atom. The second kappa shape index (κ2) is 6.30. The van der Waals surface area contributed by atoms with Crippen molar-refractivity contribution in [2.45, 2.75) is 39.7 Å². The van der Waals surface area contributed by atoms with Crippen LogP contribution in [0.1, 0.15) is 32.2 Å². The molecule has 2 unspecified atom stereocenters. The quantitative estimate of drug-likeness (QED) is 0.855. The highest BCUT2D eigenvalue weighted by Crippen LogP contribution is 2.21. The standard InChI is InChI=1S/C15H22N2S/c1-4-11(2)12(3)16-10-9-15-17-13-7-5-6-8-14(13)18-15/h5-8,11-12,16H,4,9-10H2,1-3H3. The van der Waals surface area contributed by atoms with Gasteiger partial charge in [-0.1, -0.05) is 32.4 Å². The van der Waals surface area contributed by atoms with Crippen LogP contribution in [0.4, 0.5) is 0 Å². The molecule has 1 aromatic heterocycles. The summed E-state index contributed by atoms with van der Waals surface area (Å²) in [6.07, 6.45) is 2.26. The molecule has 0 saturated carbocycles. The van der Waals surface area contributed by atoms with E-state index < -0.39 is 0 Å². The maximum Gasteiger partial charge on any atom is 0.0951 e. The van der Waals surface area contributed by atoms with Gasteiger partial charge in [-0.2, -0.15) is 0 Å². The number of para-hydroxylation sites is 1. The number of nitrogens with zero attached hydrogens (tertiary/aromatic N) is 1. The zero-order valence-electron chi connectivity index (χ0n) is 11.4. The van der Waals surface area contributed by atoms with Gasteiger partial charge in [0.05, 0.1) is 15.2 Å². The van der Waals surface area contributed by atoms with Gasteiger partial charge in [-0.05, 0) is 25.0 Å². The predicted molar refractivity (Wildman–Crippen MR) is 80.2 cm³/mol. The summed E-state index contributed by atoms with van der Waals surface area (Å²) in [6, 6.07) is 8.95. The Balaban J connectivity index is 1.87. The van der Waals surface area contributed by atoms with E-state index in [0.717, 1.165) is 24.4 Å². The highest BCUT2D eigenvalue weighted by Gasteiger charge is 2.09. The van der Waals surface area contributed by atoms with Gasteiger partial charge in [0.2, 0.25) is 0 Å². The molecule has 2 aromatic rings. The van der Waals surface area contributed by atoms with Crippen molar-refractivity contribution in [1.29, 1.82) is 0 Å². The number of aromatic nitrogens is 1. The second-order valence-corrected chi connectivity index (χ2v) is 6.07. The van der Waals surface area contributed by atoms with Crippen LogP contribution in [0.15, 0.2) is 24.3 Å². The first kappa shape index (κ1) is 13.5. The number of hydrogen-bond acceptors (Lipinski definition) is 3. The Bertz CT molecular complexity index is 459. The molecule has 0 spiro atoms. The van der Waals surface area contributed by atoms with Crippen LogP contribution in [0.3, 0.4) is 0 Å². The lowest BCUT2D eigenvalue weighted by Crippen LogP contribution is -2.33. The van der Waals surface area contributed by atoms with E-state index in [1.165, 1.54) is 16.1 Å². The van der Waals surface area contributed by atoms with Crippen molar-refractivity contribution in [2.24, 2.45) is 5.92 Å². The summed E-state index contributed by atoms with van der Waals surface area (Å²) in [5.41, 5.74) is 1.13. The summed E-state index contributed by atoms with van der Waals surface area (Å²) in [7, 11) is 0. The highest BCUT2D eigenvalue weighted by atomic mass is 32.1. The van der Waals surface area contributed by atoms with Crippen molar-refractivity contribution in [3.05, 3.63) is 29.3 Å². The van der Waals surface area contributed by atoms with Gasteiger partial charge >= 0.3 is 0 Å². The Morgan fingerprint density at radius 2 is 2.06 bits per heavy atom. The predicted octanol–water partition coefficient (Wildman–Crippen LogP) is 3.86. The molecular formula is C15H22N2S. The topological polar surface area (TPSA) is 24.9 Å². The Hall–Kier alpha value is -0.930. The third kappa shape index (κ3) is 3.30. The summed E-state index contributed by atoms with van der Waals surface area (Å²) in [5, 5.41) is 4.83. The van der Waals surface area contributed by atoms with Gasteiger partial charge < -0.3 is 5.32 Å². The lowest BCUT2D eigenvalue weighted by atomic mass is 10.0. The molecule has 0 aliphatic rings. The molecule has 2 atom stereocenters. The first-order valence-corrected chi connectivity index (χ1v) is 7.60. The number of benzene rings is 1. The van der Waals surface area contributed by atoms with Gasteiger partial charge in [0, 0.05) is 19.0 Å². The van der Waals surface area contributed by atoms with Gasteiger partial charge in [-0.25, -0.2) is 4.98 Å². The molecule has 0 aliphatic carbocycles. The van der Waals surface area contributed by atoms with Crippen LogP contribution in [-0.4, -0.2) is 17.6 Å². The molecule has 3 heteroatoms. The van der Waals surface area contributed by atoms with E-state index >= 15 is 0 Å². The second-order valence-electron chi connectivity index (χ2n) is 4.95. The smallest absolute Gasteiger partial charge is 0.0951 e. The molecule has 2 rings (SSSR count). The van der Waals surface area contributed by atoms with E-state index in [2.05, 4.69) is 55.3 Å². The van der Waals surface area contributed by atoms with Crippen molar-refractivity contribution in [2.75, 3.05) is 6.54 Å². The first-order valence-electron chi connectivity index (χ1n) is 6.78. The van der Waals surface area contributed by atoms with E-state index in [1.54, 1.807) is 0 Å². The van der Waals surface area contributed by atoms with Gasteiger partial charge in [-0.15, -0.1) is 11.3 Å². The number of hydrogen-bond donors (Lipinski definition) is 1. The normalized spacial score (nSPS) is 14.8. The van der Waals surface area contributed by atoms with Crippen molar-refractivity contribution >= 4 is 21.6 Å². The van der Waals surface area contributed by atoms with Crippen molar-refractivity contribution in [3.8, 4) is 0 Å². The van der Waals surface area contributed by atoms with Crippen LogP contribution in [0.5, 0.6) is 0 Å². The monoisotopic (exact) mass is 262 g/mol. The number of fused-ring (bicyclic) bond motifs is 1. The van der Waals surface area contributed by atoms with E-state index in [4.69, 9.17) is 0 Å². The first-order chi connectivity index (χ1) is 8.70. The minimum Gasteiger partial charge on any atom is -0.314 e. The zero-order chi connectivity index (χ0) is 13.0. The van der Waals surface area contributed by atoms with Gasteiger partial charge in [-0.3, -0.25) is 0 Å². The molecule has 1 aromatic carbocycles. The van der Waals surface area contributed by atoms with Crippen LogP contribution >= 0.6 is 11.3 Å². The minimum atomic E-state index is 0.587. The molecule has 0 amide bonds. The average Bonchev–Trinajstić information content (AvgIpc) is 2.80. The minimum absolute atomic E-state index is 0.587. The molecule has 0 radical (unpaired) electrons. The Morgan fingerprint density at radius 1 is 1.28 bits per heavy atom. The third-order valence-corrected chi connectivity index (χ3v) is 4.74. The highest BCUT2D eigenvalue weighted by molar-refractivity contribution is 7.18. The lowest BCUT2D eigenvalue weighted by Gasteiger charge is -2.19. The van der Waals surface area contributed by atoms with Crippen LogP contribution in [0, 0.1) is 5.92 Å². The summed E-state index contributed by atoms with van der Waals surface area (Å²) in [5.74, 6) is 0.736. The fourth-order valence-electron chi connectivity index (χ4n) is 1.99. The van der Waals surface area contributed by atoms with Crippen molar-refractivity contribution in [1.82, 2.24) is 10.3 Å². The average molecular weight is 262 g/mol. The van der Waals surface area contributed by atoms with Gasteiger partial charge in [0.25, 0.3) is 0 Å². The molecule has 1 heterocycles. The van der Waals surface area contributed by atoms with E-state index in [9.17, 15) is 0 Å². The Labute approximate surface area is 113 Å². The molecular weight excluding hydrogens is 240 g/mol. The van der Waals surface area contributed by atoms with Crippen molar-refractivity contribution in [3.63, 3.8) is 0 Å². The van der Waals surface area contributed by atoms with Crippen LogP contribution < -0.4 is 5.32 Å². The zero-order valence-corrected chi connectivity index (χ0v) is 12.3. The van der Waals surface area contributed by atoms with E-state index in [0.29, 0.717) is 6.04 Å². The third-order valence-electron chi connectivity index (χ3n) is 3.64. The SMILES string of the molecule is CCC(C)C(C)NCCc1nc2ccccc2s1. The van der Waals surface area contributed by atoms with Gasteiger partial charge in [0.15, 0.2) is 0 Å². The molecule has 2 nitrogen and oxygen atoms in total. The molecule has 0 saturated heterocycles. The Kier molecular flexibility index (Phi) is 4.72. The van der Waals surface area contributed by atoms with E-state index in [-0.39, 0.29) is 0 Å². The molecule has 1 N–H and O–H groups in total. The summed E-state index contributed by atoms with van der Waals surface area (Å²) in [6.45, 7) is 7.84. The van der Waals surface area contributed by atoms with Gasteiger partial charge in [0.1, 0.15) is 0 Å². The maximum atomic E-state index is 4.65. The number of nitrogens with one attached hydrogen (secondary N) is 1. The molecule has 0 aliphatic heterocycles. The van der Waals surface area contributed by atoms with Crippen molar-refractivity contribution < 1.29 is 0 Å². The van der Waals surface area contributed by atoms with Crippen LogP contribution in [-0.2, 0) is 6.42 Å². The van der Waals surface area contributed by atoms with Crippen LogP contribution in [0.25, 0.3) is 10.2 Å². The van der Waals surface area contributed by atoms with Crippen LogP contribution in [0.2, 0.25) is 0 Å². The summed E-state index contributed by atoms with van der Waals surface area (Å²) in [4.78, 5) is 4.65. The number of thiazole rings is 1. The lowest BCUT2D eigenvalue weighted by molar-refractivity contribution is 0.393. The largest absolute Gasteiger partial charge is 0.314 e. The summed E-state index contributed by atoms with van der Waals surface area (Å²) >= 11 is 1.81. The molecule has 98 valence electrons. The molecule has 0 fully saturated rings. The maximum absolute atomic E-state index is 4.65. The fraction of sp³-hybridized carbons (Fsp3) is 0.533. The van der Waals surface area contributed by atoms with E-state index in [1.807, 2.05) is 11.3 Å². The fourth-order valence-corrected chi connectivity index (χ4v) is 2.96. The number of rotatable bonds is 6.